The van der Waals surface area contributed by atoms with Gasteiger partial charge in [0.1, 0.15) is 0 Å². The molecule has 0 aliphatic heterocycles. The van der Waals surface area contributed by atoms with E-state index in [1.807, 2.05) is 0 Å². The third-order valence-corrected chi connectivity index (χ3v) is 3.97. The summed E-state index contributed by atoms with van der Waals surface area (Å²) in [6.07, 6.45) is 0. The van der Waals surface area contributed by atoms with Gasteiger partial charge in [-0.1, -0.05) is 0 Å². The number of anilines is 1. The summed E-state index contributed by atoms with van der Waals surface area (Å²) in [5.41, 5.74) is 0.854. The molecule has 0 amide bonds. The average molecular weight is 347 g/mol. The van der Waals surface area contributed by atoms with Crippen LogP contribution in [-0.2, 0) is 0 Å². The topological polar surface area (TPSA) is 20.3 Å². The molecule has 0 atom stereocenters. The Bertz CT molecular complexity index is 732. The number of hydrogen-bond acceptors (Lipinski definition) is 3. The Labute approximate surface area is 132 Å². The third kappa shape index (κ3) is 3.31. The van der Waals surface area contributed by atoms with E-state index in [-0.39, 0.29) is 17.3 Å². The average Bonchev–Trinajstić information content (AvgIpc) is 2.55. The molecule has 2 aromatic carbocycles. The number of carbonyl (C=O) groups is 1. The molecule has 0 saturated carbocycles. The van der Waals surface area contributed by atoms with E-state index in [1.54, 1.807) is 31.1 Å². The number of carbonyl (C=O) groups excluding carboxylic acids is 1. The molecule has 0 saturated heterocycles. The molecule has 0 N–H and O–H groups in total. The SMILES string of the molecule is CN(C)c1ccc(C(=O)Sc2c(F)c(F)c(F)c(F)c2F)cc1. The molecule has 0 unspecified atom stereocenters. The van der Waals surface area contributed by atoms with E-state index in [0.717, 1.165) is 5.69 Å². The van der Waals surface area contributed by atoms with E-state index in [9.17, 15) is 26.7 Å². The van der Waals surface area contributed by atoms with Gasteiger partial charge in [-0.2, -0.15) is 0 Å². The molecule has 122 valence electrons. The van der Waals surface area contributed by atoms with Crippen molar-refractivity contribution in [3.63, 3.8) is 0 Å². The quantitative estimate of drug-likeness (QED) is 0.356. The largest absolute Gasteiger partial charge is 0.378 e. The Hall–Kier alpha value is -2.09. The molecule has 0 aliphatic carbocycles. The van der Waals surface area contributed by atoms with Gasteiger partial charge in [0.25, 0.3) is 0 Å². The summed E-state index contributed by atoms with van der Waals surface area (Å²) in [5.74, 6) is -10.5. The summed E-state index contributed by atoms with van der Waals surface area (Å²) in [4.78, 5) is 12.5. The van der Waals surface area contributed by atoms with Crippen LogP contribution in [-0.4, -0.2) is 19.2 Å². The zero-order valence-electron chi connectivity index (χ0n) is 12.0. The van der Waals surface area contributed by atoms with Gasteiger partial charge in [0.2, 0.25) is 10.9 Å². The van der Waals surface area contributed by atoms with Crippen LogP contribution in [0.4, 0.5) is 27.6 Å². The number of hydrogen-bond donors (Lipinski definition) is 0. The summed E-state index contributed by atoms with van der Waals surface area (Å²) in [6, 6.07) is 5.98. The molecule has 0 radical (unpaired) electrons. The number of thioether (sulfide) groups is 1. The van der Waals surface area contributed by atoms with Gasteiger partial charge in [-0.05, 0) is 36.0 Å². The van der Waals surface area contributed by atoms with Crippen molar-refractivity contribution >= 4 is 22.6 Å². The molecule has 2 nitrogen and oxygen atoms in total. The highest BCUT2D eigenvalue weighted by Crippen LogP contribution is 2.33. The van der Waals surface area contributed by atoms with E-state index in [0.29, 0.717) is 0 Å². The van der Waals surface area contributed by atoms with E-state index in [2.05, 4.69) is 0 Å². The van der Waals surface area contributed by atoms with Gasteiger partial charge >= 0.3 is 0 Å². The smallest absolute Gasteiger partial charge is 0.224 e. The van der Waals surface area contributed by atoms with Crippen molar-refractivity contribution in [1.82, 2.24) is 0 Å². The normalized spacial score (nSPS) is 10.7. The van der Waals surface area contributed by atoms with Crippen LogP contribution in [0.5, 0.6) is 0 Å². The predicted molar refractivity (Wildman–Crippen MR) is 77.2 cm³/mol. The first kappa shape index (κ1) is 17.3. The minimum Gasteiger partial charge on any atom is -0.378 e. The van der Waals surface area contributed by atoms with Crippen LogP contribution in [0, 0.1) is 29.1 Å². The van der Waals surface area contributed by atoms with Crippen molar-refractivity contribution in [2.24, 2.45) is 0 Å². The van der Waals surface area contributed by atoms with Gasteiger partial charge in [0, 0.05) is 25.3 Å². The van der Waals surface area contributed by atoms with Gasteiger partial charge in [-0.3, -0.25) is 4.79 Å². The second kappa shape index (κ2) is 6.57. The fourth-order valence-corrected chi connectivity index (χ4v) is 2.52. The van der Waals surface area contributed by atoms with Gasteiger partial charge in [-0.25, -0.2) is 22.0 Å². The molecular weight excluding hydrogens is 337 g/mol. The molecule has 2 aromatic rings. The minimum absolute atomic E-state index is 0.0480. The van der Waals surface area contributed by atoms with Crippen molar-refractivity contribution in [3.05, 3.63) is 58.9 Å². The van der Waals surface area contributed by atoms with Crippen molar-refractivity contribution in [2.45, 2.75) is 4.90 Å². The van der Waals surface area contributed by atoms with Crippen LogP contribution in [0.15, 0.2) is 29.2 Å². The second-order valence-corrected chi connectivity index (χ2v) is 5.71. The lowest BCUT2D eigenvalue weighted by atomic mass is 10.2. The lowest BCUT2D eigenvalue weighted by molar-refractivity contribution is 0.108. The number of halogens is 5. The number of benzene rings is 2. The van der Waals surface area contributed by atoms with Crippen molar-refractivity contribution in [3.8, 4) is 0 Å². The van der Waals surface area contributed by atoms with E-state index in [4.69, 9.17) is 0 Å². The molecule has 0 bridgehead atoms. The molecule has 2 rings (SSSR count). The van der Waals surface area contributed by atoms with Crippen LogP contribution in [0.2, 0.25) is 0 Å². The third-order valence-electron chi connectivity index (χ3n) is 2.98. The van der Waals surface area contributed by atoms with Crippen LogP contribution >= 0.6 is 11.8 Å². The van der Waals surface area contributed by atoms with Crippen LogP contribution in [0.25, 0.3) is 0 Å². The number of rotatable bonds is 3. The summed E-state index contributed by atoms with van der Waals surface area (Å²) in [7, 11) is 3.56. The van der Waals surface area contributed by atoms with Crippen LogP contribution < -0.4 is 4.90 Å². The Morgan fingerprint density at radius 3 is 1.70 bits per heavy atom. The highest BCUT2D eigenvalue weighted by atomic mass is 32.2. The first-order valence-corrected chi connectivity index (χ1v) is 7.06. The zero-order chi connectivity index (χ0) is 17.3. The number of nitrogens with zero attached hydrogens (tertiary/aromatic N) is 1. The van der Waals surface area contributed by atoms with Gasteiger partial charge < -0.3 is 4.90 Å². The Morgan fingerprint density at radius 2 is 1.26 bits per heavy atom. The zero-order valence-corrected chi connectivity index (χ0v) is 12.8. The molecule has 0 aromatic heterocycles. The maximum atomic E-state index is 13.5. The second-order valence-electron chi connectivity index (χ2n) is 4.73. The fraction of sp³-hybridized carbons (Fsp3) is 0.133. The fourth-order valence-electron chi connectivity index (χ4n) is 1.72. The van der Waals surface area contributed by atoms with Gasteiger partial charge in [0.05, 0.1) is 4.90 Å². The monoisotopic (exact) mass is 347 g/mol. The van der Waals surface area contributed by atoms with Crippen LogP contribution in [0.3, 0.4) is 0 Å². The molecule has 0 heterocycles. The molecule has 8 heteroatoms. The standard InChI is InChI=1S/C15H10F5NOS/c1-21(2)8-5-3-7(4-6-8)15(22)23-14-12(19)10(17)9(16)11(18)13(14)20/h3-6H,1-2H3. The summed E-state index contributed by atoms with van der Waals surface area (Å²) in [6.45, 7) is 0. The summed E-state index contributed by atoms with van der Waals surface area (Å²) in [5, 5.41) is -0.835. The maximum Gasteiger partial charge on any atom is 0.224 e. The molecule has 0 aliphatic rings. The lowest BCUT2D eigenvalue weighted by Gasteiger charge is -2.12. The lowest BCUT2D eigenvalue weighted by Crippen LogP contribution is -2.08. The highest BCUT2D eigenvalue weighted by Gasteiger charge is 2.27. The van der Waals surface area contributed by atoms with E-state index in [1.165, 1.54) is 12.1 Å². The molecule has 0 fully saturated rings. The Morgan fingerprint density at radius 1 is 0.826 bits per heavy atom. The van der Waals surface area contributed by atoms with E-state index >= 15 is 0 Å². The van der Waals surface area contributed by atoms with Crippen molar-refractivity contribution < 1.29 is 26.7 Å². The minimum atomic E-state index is -2.26. The molecule has 23 heavy (non-hydrogen) atoms. The highest BCUT2D eigenvalue weighted by molar-refractivity contribution is 8.14. The van der Waals surface area contributed by atoms with Crippen molar-refractivity contribution in [2.75, 3.05) is 19.0 Å². The van der Waals surface area contributed by atoms with Crippen LogP contribution in [0.1, 0.15) is 10.4 Å². The molecule has 0 spiro atoms. The summed E-state index contributed by atoms with van der Waals surface area (Å²) >= 11 is -0.0480. The Balaban J connectivity index is 2.34. The van der Waals surface area contributed by atoms with Crippen molar-refractivity contribution in [1.29, 1.82) is 0 Å². The first-order valence-electron chi connectivity index (χ1n) is 6.25. The molecular formula is C15H10F5NOS. The van der Waals surface area contributed by atoms with Gasteiger partial charge in [0.15, 0.2) is 23.3 Å². The first-order chi connectivity index (χ1) is 10.7. The van der Waals surface area contributed by atoms with E-state index < -0.39 is 39.1 Å². The Kier molecular flexibility index (Phi) is 4.93. The summed E-state index contributed by atoms with van der Waals surface area (Å²) < 4.78 is 66.3. The maximum absolute atomic E-state index is 13.5. The van der Waals surface area contributed by atoms with Gasteiger partial charge in [-0.15, -0.1) is 0 Å². The predicted octanol–water partition coefficient (Wildman–Crippen LogP) is 4.38.